The third-order valence-electron chi connectivity index (χ3n) is 3.64. The number of aryl methyl sites for hydroxylation is 2. The van der Waals surface area contributed by atoms with Crippen molar-refractivity contribution in [2.75, 3.05) is 0 Å². The Morgan fingerprint density at radius 1 is 1.57 bits per heavy atom. The highest BCUT2D eigenvalue weighted by Gasteiger charge is 2.31. The zero-order valence-corrected chi connectivity index (χ0v) is 11.7. The molecule has 108 valence electrons. The summed E-state index contributed by atoms with van der Waals surface area (Å²) < 4.78 is 3.47. The Balaban J connectivity index is 2.04. The first kappa shape index (κ1) is 13.2. The van der Waals surface area contributed by atoms with Gasteiger partial charge in [-0.3, -0.25) is 10.1 Å². The first-order valence-corrected chi connectivity index (χ1v) is 6.47. The minimum absolute atomic E-state index is 0.0243. The van der Waals surface area contributed by atoms with E-state index < -0.39 is 11.0 Å². The van der Waals surface area contributed by atoms with Crippen molar-refractivity contribution in [3.63, 3.8) is 0 Å². The average molecular weight is 286 g/mol. The molecule has 2 aromatic rings. The van der Waals surface area contributed by atoms with Crippen LogP contribution in [0.25, 0.3) is 5.32 Å². The van der Waals surface area contributed by atoms with Gasteiger partial charge >= 0.3 is 0 Å². The summed E-state index contributed by atoms with van der Waals surface area (Å²) >= 11 is 0. The molecule has 0 radical (unpaired) electrons. The topological polar surface area (TPSA) is 91.8 Å². The average Bonchev–Trinajstić information content (AvgIpc) is 2.91. The molecule has 0 aliphatic carbocycles. The maximum absolute atomic E-state index is 11.3. The maximum atomic E-state index is 11.3. The lowest BCUT2D eigenvalue weighted by molar-refractivity contribution is -0.679. The second-order valence-corrected chi connectivity index (χ2v) is 4.91. The summed E-state index contributed by atoms with van der Waals surface area (Å²) in [7, 11) is 1.92. The van der Waals surface area contributed by atoms with Gasteiger partial charge in [-0.15, -0.1) is 0 Å². The van der Waals surface area contributed by atoms with Crippen LogP contribution < -0.4 is 4.57 Å². The molecule has 3 rings (SSSR count). The van der Waals surface area contributed by atoms with Gasteiger partial charge in [-0.05, 0) is 13.0 Å². The fourth-order valence-corrected chi connectivity index (χ4v) is 2.52. The van der Waals surface area contributed by atoms with Crippen LogP contribution in [0.2, 0.25) is 0 Å². The lowest BCUT2D eigenvalue weighted by atomic mass is 10.0. The molecule has 0 N–H and O–H groups in total. The standard InChI is InChI=1S/C13H14N6O2/c1-9-4-3-5-17(2)10(9)6-11-12(19(20)21)7-14-13-15-8-16-18(11)13/h3-5,7-8,11H,6H2,1-2H3. The highest BCUT2D eigenvalue weighted by molar-refractivity contribution is 5.42. The third kappa shape index (κ3) is 2.24. The number of nitrogens with zero attached hydrogens (tertiary/aromatic N) is 6. The molecule has 0 fully saturated rings. The Kier molecular flexibility index (Phi) is 3.13. The molecule has 0 bridgehead atoms. The zero-order valence-electron chi connectivity index (χ0n) is 11.7. The van der Waals surface area contributed by atoms with Crippen molar-refractivity contribution in [2.24, 2.45) is 7.05 Å². The summed E-state index contributed by atoms with van der Waals surface area (Å²) in [5.74, 6) is 0.391. The highest BCUT2D eigenvalue weighted by Crippen LogP contribution is 2.33. The van der Waals surface area contributed by atoms with E-state index in [-0.39, 0.29) is 5.70 Å². The van der Waals surface area contributed by atoms with Gasteiger partial charge in [0.05, 0.1) is 17.7 Å². The first-order chi connectivity index (χ1) is 10.1. The monoisotopic (exact) mass is 286 g/mol. The van der Waals surface area contributed by atoms with Gasteiger partial charge in [0.25, 0.3) is 5.70 Å². The number of aromatic nitrogens is 4. The maximum Gasteiger partial charge on any atom is 0.259 e. The molecule has 8 nitrogen and oxygen atoms in total. The van der Waals surface area contributed by atoms with Gasteiger partial charge in [0.1, 0.15) is 13.1 Å². The number of nitro groups is 1. The van der Waals surface area contributed by atoms with Gasteiger partial charge < -0.3 is 15.0 Å². The molecule has 0 amide bonds. The van der Waals surface area contributed by atoms with Crippen molar-refractivity contribution in [1.82, 2.24) is 14.8 Å². The number of allylic oxidation sites excluding steroid dienone is 1. The number of hydrogen-bond donors (Lipinski definition) is 0. The minimum Gasteiger partial charge on any atom is -0.359 e. The fraction of sp³-hybridized carbons (Fsp3) is 0.308. The van der Waals surface area contributed by atoms with Crippen LogP contribution in [-0.2, 0) is 13.5 Å². The molecule has 0 saturated carbocycles. The summed E-state index contributed by atoms with van der Waals surface area (Å²) in [6.45, 7) is 1.99. The minimum atomic E-state index is -0.512. The van der Waals surface area contributed by atoms with Gasteiger partial charge in [0.15, 0.2) is 11.9 Å². The second-order valence-electron chi connectivity index (χ2n) is 4.91. The Hall–Kier alpha value is -2.77. The van der Waals surface area contributed by atoms with Crippen molar-refractivity contribution in [1.29, 1.82) is 0 Å². The van der Waals surface area contributed by atoms with E-state index in [1.54, 1.807) is 0 Å². The third-order valence-corrected chi connectivity index (χ3v) is 3.64. The number of hydrogen-bond acceptors (Lipinski definition) is 4. The van der Waals surface area contributed by atoms with Gasteiger partial charge in [0, 0.05) is 23.8 Å². The molecule has 0 saturated heterocycles. The molecule has 3 heterocycles. The number of pyridine rings is 1. The summed E-state index contributed by atoms with van der Waals surface area (Å²) in [5.41, 5.74) is 2.11. The molecule has 1 atom stereocenters. The SMILES string of the molecule is Cc1ccc[n+](C)c1CC1C([N+](=O)[O-])=C[N-]c2ncnn21. The number of rotatable bonds is 3. The Morgan fingerprint density at radius 3 is 3.10 bits per heavy atom. The van der Waals surface area contributed by atoms with Crippen LogP contribution in [0.4, 0.5) is 5.95 Å². The van der Waals surface area contributed by atoms with Crippen molar-refractivity contribution < 1.29 is 9.49 Å². The Morgan fingerprint density at radius 2 is 2.38 bits per heavy atom. The molecule has 1 aliphatic heterocycles. The van der Waals surface area contributed by atoms with E-state index >= 15 is 0 Å². The van der Waals surface area contributed by atoms with Gasteiger partial charge in [-0.25, -0.2) is 9.67 Å². The normalized spacial score (nSPS) is 16.9. The molecule has 1 aliphatic rings. The summed E-state index contributed by atoms with van der Waals surface area (Å²) in [6, 6.07) is 3.42. The van der Waals surface area contributed by atoms with E-state index in [4.69, 9.17) is 0 Å². The highest BCUT2D eigenvalue weighted by atomic mass is 16.6. The van der Waals surface area contributed by atoms with E-state index in [0.29, 0.717) is 12.4 Å². The smallest absolute Gasteiger partial charge is 0.259 e. The first-order valence-electron chi connectivity index (χ1n) is 6.47. The van der Waals surface area contributed by atoms with Crippen LogP contribution >= 0.6 is 0 Å². The van der Waals surface area contributed by atoms with E-state index in [1.165, 1.54) is 17.2 Å². The predicted octanol–water partition coefficient (Wildman–Crippen LogP) is 1.33. The van der Waals surface area contributed by atoms with Gasteiger partial charge in [0.2, 0.25) is 0 Å². The summed E-state index contributed by atoms with van der Waals surface area (Å²) in [5, 5.41) is 19.3. The fourth-order valence-electron chi connectivity index (χ4n) is 2.52. The van der Waals surface area contributed by atoms with E-state index in [2.05, 4.69) is 15.4 Å². The van der Waals surface area contributed by atoms with E-state index in [9.17, 15) is 10.1 Å². The van der Waals surface area contributed by atoms with Crippen molar-refractivity contribution >= 4 is 5.95 Å². The van der Waals surface area contributed by atoms with Gasteiger partial charge in [-0.2, -0.15) is 0 Å². The molecule has 8 heteroatoms. The lowest BCUT2D eigenvalue weighted by Crippen LogP contribution is -2.36. The second kappa shape index (κ2) is 4.97. The lowest BCUT2D eigenvalue weighted by Gasteiger charge is -2.26. The molecule has 0 spiro atoms. The van der Waals surface area contributed by atoms with Gasteiger partial charge in [-0.1, -0.05) is 0 Å². The summed E-state index contributed by atoms with van der Waals surface area (Å²) in [4.78, 5) is 14.9. The van der Waals surface area contributed by atoms with Crippen LogP contribution in [0.3, 0.4) is 0 Å². The molecule has 2 aromatic heterocycles. The van der Waals surface area contributed by atoms with E-state index in [1.807, 2.05) is 36.9 Å². The zero-order chi connectivity index (χ0) is 15.0. The molecule has 0 aromatic carbocycles. The van der Waals surface area contributed by atoms with E-state index in [0.717, 1.165) is 11.3 Å². The molecule has 1 unspecified atom stereocenters. The van der Waals surface area contributed by atoms with Crippen molar-refractivity contribution in [2.45, 2.75) is 19.4 Å². The van der Waals surface area contributed by atoms with Crippen molar-refractivity contribution in [3.05, 3.63) is 63.2 Å². The molecular weight excluding hydrogens is 272 g/mol. The van der Waals surface area contributed by atoms with Crippen LogP contribution in [0.15, 0.2) is 36.6 Å². The Bertz CT molecular complexity index is 716. The Labute approximate surface area is 120 Å². The van der Waals surface area contributed by atoms with Crippen LogP contribution in [0.1, 0.15) is 17.3 Å². The van der Waals surface area contributed by atoms with Crippen LogP contribution in [-0.4, -0.2) is 19.7 Å². The number of fused-ring (bicyclic) bond motifs is 1. The van der Waals surface area contributed by atoms with Crippen molar-refractivity contribution in [3.8, 4) is 0 Å². The molecular formula is C13H14N6O2. The summed E-state index contributed by atoms with van der Waals surface area (Å²) in [6.07, 6.45) is 5.02. The van der Waals surface area contributed by atoms with Crippen LogP contribution in [0.5, 0.6) is 0 Å². The largest absolute Gasteiger partial charge is 0.359 e. The molecule has 21 heavy (non-hydrogen) atoms. The van der Waals surface area contributed by atoms with Crippen LogP contribution in [0, 0.1) is 17.0 Å². The predicted molar refractivity (Wildman–Crippen MR) is 73.2 cm³/mol. The quantitative estimate of drug-likeness (QED) is 0.483.